The largest absolute Gasteiger partial charge is 0.342 e. The molecule has 1 aromatic rings. The number of nitrogens with one attached hydrogen (secondary N) is 1. The Bertz CT molecular complexity index is 565. The molecule has 1 aromatic heterocycles. The summed E-state index contributed by atoms with van der Waals surface area (Å²) in [5.74, 6) is 0.357. The molecule has 0 aromatic carbocycles. The number of carbonyl (C=O) groups excluding carboxylic acids is 2. The highest BCUT2D eigenvalue weighted by Crippen LogP contribution is 2.20. The van der Waals surface area contributed by atoms with E-state index in [1.807, 2.05) is 4.90 Å². The number of piperidine rings is 1. The summed E-state index contributed by atoms with van der Waals surface area (Å²) in [4.78, 5) is 30.7. The number of rotatable bonds is 8. The van der Waals surface area contributed by atoms with Gasteiger partial charge in [0.25, 0.3) is 0 Å². The van der Waals surface area contributed by atoms with Crippen LogP contribution in [-0.2, 0) is 9.59 Å². The molecule has 0 saturated carbocycles. The van der Waals surface area contributed by atoms with Crippen molar-refractivity contribution >= 4 is 29.2 Å². The van der Waals surface area contributed by atoms with Crippen molar-refractivity contribution in [3.8, 4) is 0 Å². The average Bonchev–Trinajstić information content (AvgIpc) is 2.63. The number of nitrogens with two attached hydrogens (primary N) is 1. The molecule has 0 bridgehead atoms. The molecule has 2 amide bonds. The van der Waals surface area contributed by atoms with Crippen molar-refractivity contribution in [3.05, 3.63) is 23.4 Å². The van der Waals surface area contributed by atoms with E-state index in [2.05, 4.69) is 10.3 Å². The molecule has 25 heavy (non-hydrogen) atoms. The Morgan fingerprint density at radius 1 is 1.28 bits per heavy atom. The number of aromatic nitrogens is 1. The molecule has 1 aliphatic rings. The minimum atomic E-state index is -0.188. The van der Waals surface area contributed by atoms with Crippen LogP contribution in [0.25, 0.3) is 0 Å². The predicted octanol–water partition coefficient (Wildman–Crippen LogP) is 2.82. The molecule has 1 aliphatic heterocycles. The molecule has 0 spiro atoms. The van der Waals surface area contributed by atoms with E-state index in [1.165, 1.54) is 6.20 Å². The molecular weight excluding hydrogens is 340 g/mol. The van der Waals surface area contributed by atoms with Crippen molar-refractivity contribution in [1.82, 2.24) is 9.88 Å². The maximum Gasteiger partial charge on any atom is 0.230 e. The van der Waals surface area contributed by atoms with E-state index >= 15 is 0 Å². The van der Waals surface area contributed by atoms with Gasteiger partial charge >= 0.3 is 0 Å². The number of likely N-dealkylation sites (tertiary alicyclic amines) is 1. The van der Waals surface area contributed by atoms with E-state index < -0.39 is 0 Å². The standard InChI is InChI=1S/C18H27ClN4O2/c19-15-8-9-16(21-12-15)22-18(25)14-6-5-11-23(13-14)17(24)7-3-1-2-4-10-20/h8-9,12,14H,1-7,10-11,13,20H2,(H,21,22,25). The zero-order chi connectivity index (χ0) is 18.1. The van der Waals surface area contributed by atoms with Crippen molar-refractivity contribution in [1.29, 1.82) is 0 Å². The lowest BCUT2D eigenvalue weighted by atomic mass is 9.96. The number of pyridine rings is 1. The van der Waals surface area contributed by atoms with Gasteiger partial charge in [-0.05, 0) is 44.4 Å². The normalized spacial score (nSPS) is 17.4. The van der Waals surface area contributed by atoms with Crippen LogP contribution in [0.1, 0.15) is 44.9 Å². The summed E-state index contributed by atoms with van der Waals surface area (Å²) in [6, 6.07) is 3.36. The molecule has 0 radical (unpaired) electrons. The number of hydrogen-bond donors (Lipinski definition) is 2. The van der Waals surface area contributed by atoms with Gasteiger partial charge in [-0.15, -0.1) is 0 Å². The molecular formula is C18H27ClN4O2. The van der Waals surface area contributed by atoms with Crippen LogP contribution in [0.3, 0.4) is 0 Å². The quantitative estimate of drug-likeness (QED) is 0.692. The SMILES string of the molecule is NCCCCCCC(=O)N1CCCC(C(=O)Nc2ccc(Cl)cn2)C1. The molecule has 1 atom stereocenters. The first-order valence-corrected chi connectivity index (χ1v) is 9.38. The number of nitrogens with zero attached hydrogens (tertiary/aromatic N) is 2. The van der Waals surface area contributed by atoms with Crippen LogP contribution in [-0.4, -0.2) is 41.3 Å². The Labute approximate surface area is 154 Å². The third-order valence-corrected chi connectivity index (χ3v) is 4.69. The summed E-state index contributed by atoms with van der Waals surface area (Å²) < 4.78 is 0. The number of hydrogen-bond acceptors (Lipinski definition) is 4. The molecule has 2 rings (SSSR count). The monoisotopic (exact) mass is 366 g/mol. The van der Waals surface area contributed by atoms with E-state index in [-0.39, 0.29) is 17.7 Å². The van der Waals surface area contributed by atoms with E-state index in [4.69, 9.17) is 17.3 Å². The van der Waals surface area contributed by atoms with Gasteiger partial charge in [0.05, 0.1) is 10.9 Å². The summed E-state index contributed by atoms with van der Waals surface area (Å²) in [5.41, 5.74) is 5.47. The van der Waals surface area contributed by atoms with Crippen molar-refractivity contribution in [2.24, 2.45) is 11.7 Å². The summed E-state index contributed by atoms with van der Waals surface area (Å²) in [7, 11) is 0. The maximum absolute atomic E-state index is 12.4. The van der Waals surface area contributed by atoms with E-state index in [9.17, 15) is 9.59 Å². The zero-order valence-electron chi connectivity index (χ0n) is 14.5. The Kier molecular flexibility index (Phi) is 8.15. The van der Waals surface area contributed by atoms with E-state index in [0.717, 1.165) is 45.1 Å². The van der Waals surface area contributed by atoms with Crippen LogP contribution >= 0.6 is 11.6 Å². The van der Waals surface area contributed by atoms with E-state index in [0.29, 0.717) is 30.4 Å². The van der Waals surface area contributed by atoms with E-state index in [1.54, 1.807) is 12.1 Å². The summed E-state index contributed by atoms with van der Waals surface area (Å²) in [5, 5.41) is 3.33. The number of amides is 2. The second-order valence-corrected chi connectivity index (χ2v) is 6.92. The van der Waals surface area contributed by atoms with Gasteiger partial charge < -0.3 is 16.0 Å². The van der Waals surface area contributed by atoms with Crippen molar-refractivity contribution in [2.45, 2.75) is 44.9 Å². The maximum atomic E-state index is 12.4. The van der Waals surface area contributed by atoms with Gasteiger partial charge in [0.1, 0.15) is 5.82 Å². The summed E-state index contributed by atoms with van der Waals surface area (Å²) in [6.45, 7) is 1.94. The van der Waals surface area contributed by atoms with Crippen LogP contribution < -0.4 is 11.1 Å². The summed E-state index contributed by atoms with van der Waals surface area (Å²) >= 11 is 5.79. The number of unbranched alkanes of at least 4 members (excludes halogenated alkanes) is 3. The highest BCUT2D eigenvalue weighted by Gasteiger charge is 2.28. The zero-order valence-corrected chi connectivity index (χ0v) is 15.3. The van der Waals surface area contributed by atoms with Gasteiger partial charge in [0.15, 0.2) is 0 Å². The van der Waals surface area contributed by atoms with Crippen LogP contribution in [0.2, 0.25) is 5.02 Å². The third kappa shape index (κ3) is 6.63. The molecule has 7 heteroatoms. The van der Waals surface area contributed by atoms with Gasteiger partial charge in [-0.3, -0.25) is 9.59 Å². The highest BCUT2D eigenvalue weighted by molar-refractivity contribution is 6.30. The van der Waals surface area contributed by atoms with Crippen LogP contribution in [0.4, 0.5) is 5.82 Å². The fraction of sp³-hybridized carbons (Fsp3) is 0.611. The van der Waals surface area contributed by atoms with Crippen molar-refractivity contribution in [2.75, 3.05) is 25.0 Å². The second kappa shape index (κ2) is 10.4. The molecule has 6 nitrogen and oxygen atoms in total. The Morgan fingerprint density at radius 3 is 2.80 bits per heavy atom. The molecule has 138 valence electrons. The predicted molar refractivity (Wildman–Crippen MR) is 99.3 cm³/mol. The lowest BCUT2D eigenvalue weighted by molar-refractivity contribution is -0.134. The average molecular weight is 367 g/mol. The number of halogens is 1. The lowest BCUT2D eigenvalue weighted by Gasteiger charge is -2.32. The van der Waals surface area contributed by atoms with Gasteiger partial charge in [-0.1, -0.05) is 24.4 Å². The number of carbonyl (C=O) groups is 2. The fourth-order valence-corrected chi connectivity index (χ4v) is 3.14. The second-order valence-electron chi connectivity index (χ2n) is 6.48. The van der Waals surface area contributed by atoms with Gasteiger partial charge in [0, 0.05) is 25.7 Å². The topological polar surface area (TPSA) is 88.3 Å². The Balaban J connectivity index is 1.78. The minimum absolute atomic E-state index is 0.0877. The molecule has 1 unspecified atom stereocenters. The lowest BCUT2D eigenvalue weighted by Crippen LogP contribution is -2.43. The van der Waals surface area contributed by atoms with Crippen LogP contribution in [0.15, 0.2) is 18.3 Å². The first kappa shape index (κ1) is 19.7. The highest BCUT2D eigenvalue weighted by atomic mass is 35.5. The van der Waals surface area contributed by atoms with Crippen molar-refractivity contribution in [3.63, 3.8) is 0 Å². The summed E-state index contributed by atoms with van der Waals surface area (Å²) in [6.07, 6.45) is 7.70. The van der Waals surface area contributed by atoms with Gasteiger partial charge in [-0.25, -0.2) is 4.98 Å². The molecule has 1 saturated heterocycles. The molecule has 1 fully saturated rings. The first-order valence-electron chi connectivity index (χ1n) is 9.00. The molecule has 0 aliphatic carbocycles. The number of anilines is 1. The van der Waals surface area contributed by atoms with Crippen molar-refractivity contribution < 1.29 is 9.59 Å². The smallest absolute Gasteiger partial charge is 0.230 e. The first-order chi connectivity index (χ1) is 12.1. The van der Waals surface area contributed by atoms with Gasteiger partial charge in [0.2, 0.25) is 11.8 Å². The Morgan fingerprint density at radius 2 is 2.08 bits per heavy atom. The molecule has 3 N–H and O–H groups in total. The fourth-order valence-electron chi connectivity index (χ4n) is 3.03. The molecule has 2 heterocycles. The Hall–Kier alpha value is -1.66. The van der Waals surface area contributed by atoms with Crippen LogP contribution in [0.5, 0.6) is 0 Å². The van der Waals surface area contributed by atoms with Gasteiger partial charge in [-0.2, -0.15) is 0 Å². The minimum Gasteiger partial charge on any atom is -0.342 e. The third-order valence-electron chi connectivity index (χ3n) is 4.47. The van der Waals surface area contributed by atoms with Crippen LogP contribution in [0, 0.1) is 5.92 Å².